The van der Waals surface area contributed by atoms with Crippen molar-refractivity contribution in [2.75, 3.05) is 19.1 Å². The number of nitrogens with one attached hydrogen (secondary N) is 1. The zero-order valence-corrected chi connectivity index (χ0v) is 11.8. The Morgan fingerprint density at radius 1 is 1.32 bits per heavy atom. The first-order chi connectivity index (χ1) is 9.11. The lowest BCUT2D eigenvalue weighted by atomic mass is 9.98. The third-order valence-corrected chi connectivity index (χ3v) is 3.70. The highest BCUT2D eigenvalue weighted by Crippen LogP contribution is 2.21. The van der Waals surface area contributed by atoms with Crippen molar-refractivity contribution in [2.24, 2.45) is 0 Å². The summed E-state index contributed by atoms with van der Waals surface area (Å²) in [6.07, 6.45) is 3.18. The predicted molar refractivity (Wildman–Crippen MR) is 76.6 cm³/mol. The van der Waals surface area contributed by atoms with Gasteiger partial charge in [-0.25, -0.2) is 0 Å². The molecule has 0 radical (unpaired) electrons. The molecule has 19 heavy (non-hydrogen) atoms. The molecular weight excluding hydrogens is 240 g/mol. The van der Waals surface area contributed by atoms with Crippen LogP contribution in [0.25, 0.3) is 0 Å². The minimum Gasteiger partial charge on any atom is -0.497 e. The topological polar surface area (TPSA) is 41.6 Å². The molecule has 4 nitrogen and oxygen atoms in total. The van der Waals surface area contributed by atoms with Gasteiger partial charge in [0.05, 0.1) is 13.2 Å². The molecular formula is C15H22N2O2. The molecule has 2 atom stereocenters. The van der Waals surface area contributed by atoms with Crippen molar-refractivity contribution < 1.29 is 9.53 Å². The summed E-state index contributed by atoms with van der Waals surface area (Å²) in [7, 11) is 3.46. The number of hydrogen-bond acceptors (Lipinski definition) is 3. The summed E-state index contributed by atoms with van der Waals surface area (Å²) in [4.78, 5) is 14.1. The van der Waals surface area contributed by atoms with Crippen LogP contribution >= 0.6 is 0 Å². The Hall–Kier alpha value is -1.55. The Balaban J connectivity index is 2.05. The van der Waals surface area contributed by atoms with E-state index in [4.69, 9.17) is 4.74 Å². The second-order valence-corrected chi connectivity index (χ2v) is 5.15. The molecule has 2 rings (SSSR count). The van der Waals surface area contributed by atoms with Crippen molar-refractivity contribution in [3.8, 4) is 5.75 Å². The molecule has 1 aliphatic heterocycles. The van der Waals surface area contributed by atoms with E-state index in [9.17, 15) is 4.79 Å². The summed E-state index contributed by atoms with van der Waals surface area (Å²) in [6.45, 7) is 2.13. The fourth-order valence-electron chi connectivity index (χ4n) is 2.50. The standard InChI is InChI=1S/C15H22N2O2/c1-11-5-4-6-14(16-11)15(18)17(2)12-7-9-13(19-3)10-8-12/h7-11,14,16H,4-6H2,1-3H3. The van der Waals surface area contributed by atoms with Gasteiger partial charge in [0.25, 0.3) is 0 Å². The first-order valence-corrected chi connectivity index (χ1v) is 6.79. The number of rotatable bonds is 3. The van der Waals surface area contributed by atoms with Crippen LogP contribution in [0, 0.1) is 0 Å². The Kier molecular flexibility index (Phi) is 4.43. The Labute approximate surface area is 114 Å². The smallest absolute Gasteiger partial charge is 0.243 e. The van der Waals surface area contributed by atoms with E-state index in [2.05, 4.69) is 12.2 Å². The maximum absolute atomic E-state index is 12.4. The summed E-state index contributed by atoms with van der Waals surface area (Å²) in [5, 5.41) is 3.37. The number of likely N-dealkylation sites (N-methyl/N-ethyl adjacent to an activating group) is 1. The highest BCUT2D eigenvalue weighted by Gasteiger charge is 2.27. The van der Waals surface area contributed by atoms with Crippen LogP contribution in [-0.2, 0) is 4.79 Å². The predicted octanol–water partition coefficient (Wildman–Crippen LogP) is 2.19. The summed E-state index contributed by atoms with van der Waals surface area (Å²) in [5.41, 5.74) is 0.894. The van der Waals surface area contributed by atoms with Crippen LogP contribution in [-0.4, -0.2) is 32.1 Å². The number of methoxy groups -OCH3 is 1. The van der Waals surface area contributed by atoms with Gasteiger partial charge in [0.15, 0.2) is 0 Å². The van der Waals surface area contributed by atoms with Gasteiger partial charge in [-0.2, -0.15) is 0 Å². The quantitative estimate of drug-likeness (QED) is 0.908. The van der Waals surface area contributed by atoms with Crippen LogP contribution in [0.4, 0.5) is 5.69 Å². The third-order valence-electron chi connectivity index (χ3n) is 3.70. The average Bonchev–Trinajstić information content (AvgIpc) is 2.46. The minimum atomic E-state index is -0.0594. The number of amides is 1. The van der Waals surface area contributed by atoms with Crippen molar-refractivity contribution in [3.63, 3.8) is 0 Å². The maximum Gasteiger partial charge on any atom is 0.243 e. The summed E-state index contributed by atoms with van der Waals surface area (Å²) < 4.78 is 5.12. The van der Waals surface area contributed by atoms with Crippen LogP contribution in [0.5, 0.6) is 5.75 Å². The normalized spacial score (nSPS) is 22.9. The Morgan fingerprint density at radius 3 is 2.58 bits per heavy atom. The molecule has 104 valence electrons. The van der Waals surface area contributed by atoms with Gasteiger partial charge in [0.1, 0.15) is 5.75 Å². The summed E-state index contributed by atoms with van der Waals surface area (Å²) >= 11 is 0. The van der Waals surface area contributed by atoms with Gasteiger partial charge in [0, 0.05) is 18.8 Å². The molecule has 0 bridgehead atoms. The monoisotopic (exact) mass is 262 g/mol. The number of ether oxygens (including phenoxy) is 1. The van der Waals surface area contributed by atoms with E-state index in [0.29, 0.717) is 6.04 Å². The number of hydrogen-bond donors (Lipinski definition) is 1. The molecule has 1 fully saturated rings. The fourth-order valence-corrected chi connectivity index (χ4v) is 2.50. The van der Waals surface area contributed by atoms with Crippen LogP contribution < -0.4 is 15.0 Å². The van der Waals surface area contributed by atoms with E-state index in [1.807, 2.05) is 31.3 Å². The first kappa shape index (κ1) is 13.9. The van der Waals surface area contributed by atoms with E-state index in [0.717, 1.165) is 30.7 Å². The average molecular weight is 262 g/mol. The molecule has 1 N–H and O–H groups in total. The number of carbonyl (C=O) groups excluding carboxylic acids is 1. The van der Waals surface area contributed by atoms with E-state index in [1.165, 1.54) is 0 Å². The molecule has 1 heterocycles. The molecule has 1 aromatic carbocycles. The molecule has 0 saturated carbocycles. The largest absolute Gasteiger partial charge is 0.497 e. The van der Waals surface area contributed by atoms with Crippen molar-refractivity contribution in [1.29, 1.82) is 0 Å². The van der Waals surface area contributed by atoms with Gasteiger partial charge in [-0.3, -0.25) is 4.79 Å². The number of benzene rings is 1. The molecule has 1 amide bonds. The van der Waals surface area contributed by atoms with Crippen molar-refractivity contribution in [2.45, 2.75) is 38.3 Å². The first-order valence-electron chi connectivity index (χ1n) is 6.79. The Morgan fingerprint density at radius 2 is 2.00 bits per heavy atom. The lowest BCUT2D eigenvalue weighted by Crippen LogP contribution is -2.50. The van der Waals surface area contributed by atoms with Crippen LogP contribution in [0.15, 0.2) is 24.3 Å². The molecule has 2 unspecified atom stereocenters. The molecule has 0 spiro atoms. The van der Waals surface area contributed by atoms with E-state index in [-0.39, 0.29) is 11.9 Å². The third kappa shape index (κ3) is 3.26. The number of nitrogens with zero attached hydrogens (tertiary/aromatic N) is 1. The van der Waals surface area contributed by atoms with Gasteiger partial charge >= 0.3 is 0 Å². The van der Waals surface area contributed by atoms with E-state index >= 15 is 0 Å². The molecule has 4 heteroatoms. The SMILES string of the molecule is COc1ccc(N(C)C(=O)C2CCCC(C)N2)cc1. The zero-order valence-electron chi connectivity index (χ0n) is 11.8. The zero-order chi connectivity index (χ0) is 13.8. The second-order valence-electron chi connectivity index (χ2n) is 5.15. The highest BCUT2D eigenvalue weighted by atomic mass is 16.5. The molecule has 1 saturated heterocycles. The molecule has 0 aliphatic carbocycles. The van der Waals surface area contributed by atoms with Crippen molar-refractivity contribution in [3.05, 3.63) is 24.3 Å². The maximum atomic E-state index is 12.4. The van der Waals surface area contributed by atoms with Crippen molar-refractivity contribution in [1.82, 2.24) is 5.32 Å². The van der Waals surface area contributed by atoms with E-state index < -0.39 is 0 Å². The lowest BCUT2D eigenvalue weighted by Gasteiger charge is -2.31. The fraction of sp³-hybridized carbons (Fsp3) is 0.533. The summed E-state index contributed by atoms with van der Waals surface area (Å²) in [5.74, 6) is 0.936. The van der Waals surface area contributed by atoms with Gasteiger partial charge in [0.2, 0.25) is 5.91 Å². The lowest BCUT2D eigenvalue weighted by molar-refractivity contribution is -0.121. The van der Waals surface area contributed by atoms with Gasteiger partial charge in [-0.1, -0.05) is 0 Å². The van der Waals surface area contributed by atoms with Crippen LogP contribution in [0.1, 0.15) is 26.2 Å². The van der Waals surface area contributed by atoms with Gasteiger partial charge < -0.3 is 15.0 Å². The van der Waals surface area contributed by atoms with Gasteiger partial charge in [-0.15, -0.1) is 0 Å². The summed E-state index contributed by atoms with van der Waals surface area (Å²) in [6, 6.07) is 7.92. The van der Waals surface area contributed by atoms with Crippen LogP contribution in [0.3, 0.4) is 0 Å². The minimum absolute atomic E-state index is 0.0594. The highest BCUT2D eigenvalue weighted by molar-refractivity contribution is 5.96. The van der Waals surface area contributed by atoms with Crippen molar-refractivity contribution >= 4 is 11.6 Å². The second kappa shape index (κ2) is 6.06. The van der Waals surface area contributed by atoms with E-state index in [1.54, 1.807) is 12.0 Å². The molecule has 0 aromatic heterocycles. The van der Waals surface area contributed by atoms with Crippen LogP contribution in [0.2, 0.25) is 0 Å². The number of carbonyl (C=O) groups is 1. The molecule has 1 aromatic rings. The number of anilines is 1. The molecule has 1 aliphatic rings. The van der Waals surface area contributed by atoms with Gasteiger partial charge in [-0.05, 0) is 50.5 Å². The number of piperidine rings is 1. The Bertz CT molecular complexity index is 430.